The van der Waals surface area contributed by atoms with E-state index in [1.807, 2.05) is 30.5 Å². The second-order valence-corrected chi connectivity index (χ2v) is 6.49. The second-order valence-electron chi connectivity index (χ2n) is 4.12. The van der Waals surface area contributed by atoms with Crippen molar-refractivity contribution >= 4 is 64.1 Å². The van der Waals surface area contributed by atoms with E-state index in [1.54, 1.807) is 11.8 Å². The fourth-order valence-electron chi connectivity index (χ4n) is 1.56. The standard InChI is InChI=1S/C14H9Cl4NO2S/c1-22-8-4-2-7(3-5-8)6-21-14(20)12-10(16)9(15)11(17)13(18)19-12/h2-5H,6H2,1H3. The molecule has 0 spiro atoms. The maximum absolute atomic E-state index is 12.0. The van der Waals surface area contributed by atoms with Gasteiger partial charge in [-0.25, -0.2) is 9.78 Å². The monoisotopic (exact) mass is 395 g/mol. The number of thioether (sulfide) groups is 1. The first-order valence-electron chi connectivity index (χ1n) is 5.94. The van der Waals surface area contributed by atoms with Crippen LogP contribution in [0.3, 0.4) is 0 Å². The largest absolute Gasteiger partial charge is 0.456 e. The smallest absolute Gasteiger partial charge is 0.358 e. The Kier molecular flexibility index (Phi) is 6.24. The molecule has 0 atom stereocenters. The van der Waals surface area contributed by atoms with Crippen LogP contribution >= 0.6 is 58.2 Å². The van der Waals surface area contributed by atoms with Crippen LogP contribution < -0.4 is 0 Å². The zero-order valence-electron chi connectivity index (χ0n) is 11.2. The molecule has 0 amide bonds. The maximum Gasteiger partial charge on any atom is 0.358 e. The van der Waals surface area contributed by atoms with Gasteiger partial charge in [-0.2, -0.15) is 0 Å². The van der Waals surface area contributed by atoms with Gasteiger partial charge in [0.05, 0.1) is 15.1 Å². The fourth-order valence-corrected chi connectivity index (χ4v) is 2.78. The lowest BCUT2D eigenvalue weighted by Gasteiger charge is -2.09. The number of nitrogens with zero attached hydrogens (tertiary/aromatic N) is 1. The van der Waals surface area contributed by atoms with Crippen molar-refractivity contribution in [2.75, 3.05) is 6.26 Å². The van der Waals surface area contributed by atoms with Crippen molar-refractivity contribution in [1.82, 2.24) is 4.98 Å². The first-order chi connectivity index (χ1) is 10.4. The number of benzene rings is 1. The SMILES string of the molecule is CSc1ccc(COC(=O)c2nc(Cl)c(Cl)c(Cl)c2Cl)cc1. The Morgan fingerprint density at radius 1 is 1.09 bits per heavy atom. The number of hydrogen-bond acceptors (Lipinski definition) is 4. The van der Waals surface area contributed by atoms with Crippen molar-refractivity contribution in [2.24, 2.45) is 0 Å². The van der Waals surface area contributed by atoms with Crippen molar-refractivity contribution in [3.63, 3.8) is 0 Å². The predicted octanol–water partition coefficient (Wildman–Crippen LogP) is 5.77. The van der Waals surface area contributed by atoms with E-state index in [0.717, 1.165) is 10.5 Å². The van der Waals surface area contributed by atoms with E-state index in [4.69, 9.17) is 51.1 Å². The lowest BCUT2D eigenvalue weighted by atomic mass is 10.2. The molecule has 0 fully saturated rings. The zero-order valence-corrected chi connectivity index (χ0v) is 15.0. The van der Waals surface area contributed by atoms with Crippen molar-refractivity contribution in [2.45, 2.75) is 11.5 Å². The van der Waals surface area contributed by atoms with Gasteiger partial charge in [-0.3, -0.25) is 0 Å². The second kappa shape index (κ2) is 7.75. The summed E-state index contributed by atoms with van der Waals surface area (Å²) < 4.78 is 5.17. The highest BCUT2D eigenvalue weighted by Crippen LogP contribution is 2.36. The highest BCUT2D eigenvalue weighted by molar-refractivity contribution is 7.98. The molecule has 1 aromatic heterocycles. The Labute approximate surface area is 151 Å². The summed E-state index contributed by atoms with van der Waals surface area (Å²) in [7, 11) is 0. The molecule has 0 aliphatic rings. The number of carbonyl (C=O) groups excluding carboxylic acids is 1. The lowest BCUT2D eigenvalue weighted by molar-refractivity contribution is 0.0466. The number of halogens is 4. The van der Waals surface area contributed by atoms with Crippen molar-refractivity contribution in [3.05, 3.63) is 55.7 Å². The van der Waals surface area contributed by atoms with E-state index in [0.29, 0.717) is 0 Å². The van der Waals surface area contributed by atoms with Crippen molar-refractivity contribution < 1.29 is 9.53 Å². The molecular formula is C14H9Cl4NO2S. The Bertz CT molecular complexity index is 707. The molecule has 1 aromatic carbocycles. The normalized spacial score (nSPS) is 10.6. The van der Waals surface area contributed by atoms with Gasteiger partial charge in [0.2, 0.25) is 0 Å². The van der Waals surface area contributed by atoms with Gasteiger partial charge in [-0.05, 0) is 24.0 Å². The summed E-state index contributed by atoms with van der Waals surface area (Å²) in [4.78, 5) is 17.0. The highest BCUT2D eigenvalue weighted by Gasteiger charge is 2.21. The van der Waals surface area contributed by atoms with Crippen LogP contribution in [0.4, 0.5) is 0 Å². The van der Waals surface area contributed by atoms with Gasteiger partial charge in [-0.15, -0.1) is 11.8 Å². The lowest BCUT2D eigenvalue weighted by Crippen LogP contribution is -2.09. The molecule has 0 N–H and O–H groups in total. The number of aromatic nitrogens is 1. The Balaban J connectivity index is 2.12. The molecule has 0 aliphatic carbocycles. The maximum atomic E-state index is 12.0. The van der Waals surface area contributed by atoms with Crippen LogP contribution in [0.25, 0.3) is 0 Å². The van der Waals surface area contributed by atoms with Crippen LogP contribution in [0.15, 0.2) is 29.2 Å². The van der Waals surface area contributed by atoms with Gasteiger partial charge < -0.3 is 4.74 Å². The van der Waals surface area contributed by atoms with Crippen LogP contribution in [-0.2, 0) is 11.3 Å². The molecule has 8 heteroatoms. The number of ether oxygens (including phenoxy) is 1. The van der Waals surface area contributed by atoms with Gasteiger partial charge >= 0.3 is 5.97 Å². The van der Waals surface area contributed by atoms with Crippen molar-refractivity contribution in [3.8, 4) is 0 Å². The van der Waals surface area contributed by atoms with Crippen LogP contribution in [0.5, 0.6) is 0 Å². The first kappa shape index (κ1) is 17.7. The minimum absolute atomic E-state index is 0.00228. The average molecular weight is 397 g/mol. The molecule has 22 heavy (non-hydrogen) atoms. The molecule has 0 unspecified atom stereocenters. The van der Waals surface area contributed by atoms with E-state index in [9.17, 15) is 4.79 Å². The molecule has 0 aliphatic heterocycles. The van der Waals surface area contributed by atoms with Gasteiger partial charge in [0, 0.05) is 4.90 Å². The minimum Gasteiger partial charge on any atom is -0.456 e. The van der Waals surface area contributed by atoms with Crippen LogP contribution in [0, 0.1) is 0 Å². The number of rotatable bonds is 4. The molecule has 3 nitrogen and oxygen atoms in total. The van der Waals surface area contributed by atoms with Crippen LogP contribution in [0.2, 0.25) is 20.2 Å². The first-order valence-corrected chi connectivity index (χ1v) is 8.67. The molecule has 0 saturated heterocycles. The molecule has 1 heterocycles. The van der Waals surface area contributed by atoms with E-state index >= 15 is 0 Å². The van der Waals surface area contributed by atoms with Crippen LogP contribution in [0.1, 0.15) is 16.1 Å². The number of pyridine rings is 1. The minimum atomic E-state index is -0.723. The van der Waals surface area contributed by atoms with E-state index in [1.165, 1.54) is 0 Å². The summed E-state index contributed by atoms with van der Waals surface area (Å²) in [6.45, 7) is 0.0867. The summed E-state index contributed by atoms with van der Waals surface area (Å²) in [5, 5.41) is -0.219. The third kappa shape index (κ3) is 4.00. The van der Waals surface area contributed by atoms with E-state index in [2.05, 4.69) is 4.98 Å². The van der Waals surface area contributed by atoms with Crippen LogP contribution in [-0.4, -0.2) is 17.2 Å². The van der Waals surface area contributed by atoms with Crippen molar-refractivity contribution in [1.29, 1.82) is 0 Å². The number of hydrogen-bond donors (Lipinski definition) is 0. The Hall–Kier alpha value is -0.650. The third-order valence-corrected chi connectivity index (χ3v) is 5.13. The number of esters is 1. The van der Waals surface area contributed by atoms with Gasteiger partial charge in [0.1, 0.15) is 11.8 Å². The summed E-state index contributed by atoms with van der Waals surface area (Å²) in [5.74, 6) is -0.723. The van der Waals surface area contributed by atoms with Gasteiger partial charge in [0.15, 0.2) is 5.69 Å². The Morgan fingerprint density at radius 2 is 1.73 bits per heavy atom. The predicted molar refractivity (Wildman–Crippen MR) is 91.6 cm³/mol. The summed E-state index contributed by atoms with van der Waals surface area (Å²) in [6.07, 6.45) is 1.98. The summed E-state index contributed by atoms with van der Waals surface area (Å²) >= 11 is 25.0. The molecule has 2 aromatic rings. The Morgan fingerprint density at radius 3 is 2.32 bits per heavy atom. The third-order valence-electron chi connectivity index (χ3n) is 2.71. The molecule has 0 radical (unpaired) electrons. The molecule has 0 bridgehead atoms. The summed E-state index contributed by atoms with van der Waals surface area (Å²) in [6, 6.07) is 7.62. The molecule has 0 saturated carbocycles. The van der Waals surface area contributed by atoms with E-state index in [-0.39, 0.29) is 32.5 Å². The molecular weight excluding hydrogens is 388 g/mol. The topological polar surface area (TPSA) is 39.2 Å². The van der Waals surface area contributed by atoms with Gasteiger partial charge in [-0.1, -0.05) is 58.5 Å². The van der Waals surface area contributed by atoms with E-state index < -0.39 is 5.97 Å². The van der Waals surface area contributed by atoms with Gasteiger partial charge in [0.25, 0.3) is 0 Å². The zero-order chi connectivity index (χ0) is 16.3. The average Bonchev–Trinajstić information content (AvgIpc) is 2.54. The molecule has 116 valence electrons. The summed E-state index contributed by atoms with van der Waals surface area (Å²) in [5.41, 5.74) is 0.676. The highest BCUT2D eigenvalue weighted by atomic mass is 35.5. The quantitative estimate of drug-likeness (QED) is 0.373. The molecule has 2 rings (SSSR count). The number of carbonyl (C=O) groups is 1. The fraction of sp³-hybridized carbons (Fsp3) is 0.143.